The number of nitrogens with one attached hydrogen (secondary N) is 1. The predicted molar refractivity (Wildman–Crippen MR) is 59.6 cm³/mol. The van der Waals surface area contributed by atoms with E-state index in [1.165, 1.54) is 25.0 Å². The van der Waals surface area contributed by atoms with Crippen molar-refractivity contribution < 1.29 is 8.91 Å². The maximum atomic E-state index is 13.0. The highest BCUT2D eigenvalue weighted by Crippen LogP contribution is 2.20. The average molecular weight is 233 g/mol. The Kier molecular flexibility index (Phi) is 2.60. The summed E-state index contributed by atoms with van der Waals surface area (Å²) in [5.74, 6) is 0.665. The van der Waals surface area contributed by atoms with E-state index < -0.39 is 0 Å². The number of aromatic nitrogens is 2. The van der Waals surface area contributed by atoms with Crippen molar-refractivity contribution in [3.05, 3.63) is 36.0 Å². The Bertz CT molecular complexity index is 522. The van der Waals surface area contributed by atoms with Crippen LogP contribution in [0.2, 0.25) is 0 Å². The first-order valence-electron chi connectivity index (χ1n) is 5.63. The van der Waals surface area contributed by atoms with E-state index in [-0.39, 0.29) is 5.82 Å². The second-order valence-electron chi connectivity index (χ2n) is 4.18. The highest BCUT2D eigenvalue weighted by Gasteiger charge is 2.21. The molecule has 0 bridgehead atoms. The smallest absolute Gasteiger partial charge is 0.240 e. The van der Waals surface area contributed by atoms with Gasteiger partial charge in [-0.2, -0.15) is 4.98 Å². The molecular formula is C12H12FN3O. The van der Waals surface area contributed by atoms with Gasteiger partial charge in [0.15, 0.2) is 0 Å². The maximum absolute atomic E-state index is 13.0. The number of nitrogens with zero attached hydrogens (tertiary/aromatic N) is 2. The van der Waals surface area contributed by atoms with Gasteiger partial charge in [-0.3, -0.25) is 0 Å². The molecule has 1 aliphatic rings. The van der Waals surface area contributed by atoms with Gasteiger partial charge in [0.2, 0.25) is 11.7 Å². The van der Waals surface area contributed by atoms with Crippen LogP contribution in [0.15, 0.2) is 28.8 Å². The fourth-order valence-corrected chi connectivity index (χ4v) is 1.59. The summed E-state index contributed by atoms with van der Waals surface area (Å²) >= 11 is 0. The Hall–Kier alpha value is -1.75. The molecule has 1 aliphatic carbocycles. The molecule has 88 valence electrons. The summed E-state index contributed by atoms with van der Waals surface area (Å²) in [5.41, 5.74) is 0.631. The van der Waals surface area contributed by atoms with Crippen LogP contribution in [0.4, 0.5) is 4.39 Å². The molecule has 0 atom stereocenters. The minimum Gasteiger partial charge on any atom is -0.338 e. The van der Waals surface area contributed by atoms with Gasteiger partial charge in [0.1, 0.15) is 5.82 Å². The first kappa shape index (κ1) is 10.4. The highest BCUT2D eigenvalue weighted by molar-refractivity contribution is 5.53. The number of hydrogen-bond donors (Lipinski definition) is 1. The molecule has 2 aromatic rings. The zero-order valence-electron chi connectivity index (χ0n) is 9.19. The Balaban J connectivity index is 1.74. The molecule has 1 N–H and O–H groups in total. The molecule has 0 spiro atoms. The number of hydrogen-bond acceptors (Lipinski definition) is 4. The Labute approximate surface area is 97.8 Å². The van der Waals surface area contributed by atoms with E-state index in [1.54, 1.807) is 12.1 Å². The lowest BCUT2D eigenvalue weighted by Gasteiger charge is -1.95. The fraction of sp³-hybridized carbons (Fsp3) is 0.333. The van der Waals surface area contributed by atoms with Crippen molar-refractivity contribution in [2.75, 3.05) is 0 Å². The molecule has 0 aliphatic heterocycles. The monoisotopic (exact) mass is 233 g/mol. The van der Waals surface area contributed by atoms with Gasteiger partial charge in [0, 0.05) is 11.6 Å². The third-order valence-corrected chi connectivity index (χ3v) is 2.67. The van der Waals surface area contributed by atoms with Gasteiger partial charge in [-0.15, -0.1) is 0 Å². The Morgan fingerprint density at radius 3 is 3.06 bits per heavy atom. The number of rotatable bonds is 4. The molecule has 0 saturated heterocycles. The number of halogens is 1. The van der Waals surface area contributed by atoms with E-state index in [4.69, 9.17) is 4.52 Å². The van der Waals surface area contributed by atoms with Gasteiger partial charge in [-0.05, 0) is 25.0 Å². The second kappa shape index (κ2) is 4.25. The molecule has 1 heterocycles. The molecule has 5 heteroatoms. The van der Waals surface area contributed by atoms with Crippen LogP contribution in [-0.2, 0) is 6.54 Å². The van der Waals surface area contributed by atoms with Crippen molar-refractivity contribution in [2.45, 2.75) is 25.4 Å². The molecule has 0 unspecified atom stereocenters. The van der Waals surface area contributed by atoms with Crippen LogP contribution < -0.4 is 5.32 Å². The summed E-state index contributed by atoms with van der Waals surface area (Å²) in [6.45, 7) is 0.576. The molecular weight excluding hydrogens is 221 g/mol. The quantitative estimate of drug-likeness (QED) is 0.878. The zero-order valence-corrected chi connectivity index (χ0v) is 9.19. The first-order chi connectivity index (χ1) is 8.31. The van der Waals surface area contributed by atoms with Gasteiger partial charge in [-0.1, -0.05) is 17.3 Å². The lowest BCUT2D eigenvalue weighted by molar-refractivity contribution is 0.367. The van der Waals surface area contributed by atoms with Crippen LogP contribution >= 0.6 is 0 Å². The third-order valence-electron chi connectivity index (χ3n) is 2.67. The number of benzene rings is 1. The van der Waals surface area contributed by atoms with Crippen LogP contribution in [0.3, 0.4) is 0 Å². The Morgan fingerprint density at radius 1 is 1.41 bits per heavy atom. The van der Waals surface area contributed by atoms with Gasteiger partial charge in [0.05, 0.1) is 6.54 Å². The maximum Gasteiger partial charge on any atom is 0.240 e. The average Bonchev–Trinajstić information content (AvgIpc) is 3.04. The van der Waals surface area contributed by atoms with Crippen LogP contribution in [0.5, 0.6) is 0 Å². The molecule has 1 aromatic heterocycles. The van der Waals surface area contributed by atoms with Crippen LogP contribution in [0.1, 0.15) is 18.7 Å². The van der Waals surface area contributed by atoms with Crippen molar-refractivity contribution in [1.29, 1.82) is 0 Å². The molecule has 1 aromatic carbocycles. The molecule has 0 radical (unpaired) electrons. The normalized spacial score (nSPS) is 15.1. The van der Waals surface area contributed by atoms with E-state index in [2.05, 4.69) is 15.5 Å². The van der Waals surface area contributed by atoms with E-state index in [0.29, 0.717) is 29.9 Å². The lowest BCUT2D eigenvalue weighted by atomic mass is 10.2. The van der Waals surface area contributed by atoms with E-state index >= 15 is 0 Å². The molecule has 0 amide bonds. The standard InChI is InChI=1S/C12H12FN3O/c13-9-3-1-2-8(6-9)12-15-11(17-16-12)7-14-10-4-5-10/h1-3,6,10,14H,4-5,7H2. The summed E-state index contributed by atoms with van der Waals surface area (Å²) in [5, 5.41) is 7.11. The predicted octanol–water partition coefficient (Wildman–Crippen LogP) is 2.13. The SMILES string of the molecule is Fc1cccc(-c2noc(CNC3CC3)n2)c1. The lowest BCUT2D eigenvalue weighted by Crippen LogP contribution is -2.15. The minimum atomic E-state index is -0.301. The van der Waals surface area contributed by atoms with Crippen LogP contribution in [0, 0.1) is 5.82 Å². The molecule has 4 nitrogen and oxygen atoms in total. The highest BCUT2D eigenvalue weighted by atomic mass is 19.1. The Morgan fingerprint density at radius 2 is 2.29 bits per heavy atom. The molecule has 17 heavy (non-hydrogen) atoms. The first-order valence-corrected chi connectivity index (χ1v) is 5.63. The van der Waals surface area contributed by atoms with Gasteiger partial charge in [-0.25, -0.2) is 4.39 Å². The summed E-state index contributed by atoms with van der Waals surface area (Å²) < 4.78 is 18.1. The van der Waals surface area contributed by atoms with E-state index in [0.717, 1.165) is 0 Å². The largest absolute Gasteiger partial charge is 0.338 e. The molecule has 3 rings (SSSR count). The zero-order chi connectivity index (χ0) is 11.7. The van der Waals surface area contributed by atoms with Crippen molar-refractivity contribution in [2.24, 2.45) is 0 Å². The fourth-order valence-electron chi connectivity index (χ4n) is 1.59. The third kappa shape index (κ3) is 2.50. The van der Waals surface area contributed by atoms with Crippen LogP contribution in [0.25, 0.3) is 11.4 Å². The summed E-state index contributed by atoms with van der Waals surface area (Å²) in [6.07, 6.45) is 2.43. The minimum absolute atomic E-state index is 0.301. The van der Waals surface area contributed by atoms with Crippen molar-refractivity contribution in [1.82, 2.24) is 15.5 Å². The molecule has 1 fully saturated rings. The van der Waals surface area contributed by atoms with Crippen molar-refractivity contribution in [3.63, 3.8) is 0 Å². The second-order valence-corrected chi connectivity index (χ2v) is 4.18. The molecule has 1 saturated carbocycles. The van der Waals surface area contributed by atoms with Crippen molar-refractivity contribution in [3.8, 4) is 11.4 Å². The van der Waals surface area contributed by atoms with Crippen LogP contribution in [-0.4, -0.2) is 16.2 Å². The summed E-state index contributed by atoms with van der Waals surface area (Å²) in [4.78, 5) is 4.21. The summed E-state index contributed by atoms with van der Waals surface area (Å²) in [6, 6.07) is 6.76. The van der Waals surface area contributed by atoms with E-state index in [9.17, 15) is 4.39 Å². The summed E-state index contributed by atoms with van der Waals surface area (Å²) in [7, 11) is 0. The van der Waals surface area contributed by atoms with Crippen molar-refractivity contribution >= 4 is 0 Å². The topological polar surface area (TPSA) is 51.0 Å². The van der Waals surface area contributed by atoms with Gasteiger partial charge < -0.3 is 9.84 Å². The van der Waals surface area contributed by atoms with Gasteiger partial charge >= 0.3 is 0 Å². The van der Waals surface area contributed by atoms with E-state index in [1.807, 2.05) is 0 Å². The van der Waals surface area contributed by atoms with Gasteiger partial charge in [0.25, 0.3) is 0 Å².